The Morgan fingerprint density at radius 3 is 2.58 bits per heavy atom. The van der Waals surface area contributed by atoms with Gasteiger partial charge in [-0.1, -0.05) is 30.3 Å². The van der Waals surface area contributed by atoms with Crippen LogP contribution < -0.4 is 14.8 Å². The van der Waals surface area contributed by atoms with Crippen molar-refractivity contribution in [1.29, 1.82) is 0 Å². The molecule has 0 saturated carbocycles. The number of carbonyl (C=O) groups excluding carboxylic acids is 2. The summed E-state index contributed by atoms with van der Waals surface area (Å²) in [5.74, 6) is 1.07. The molecule has 1 aliphatic rings. The van der Waals surface area contributed by atoms with Gasteiger partial charge in [0.15, 0.2) is 6.61 Å². The molecule has 2 amide bonds. The van der Waals surface area contributed by atoms with Gasteiger partial charge in [0.1, 0.15) is 11.5 Å². The molecule has 6 heteroatoms. The van der Waals surface area contributed by atoms with Crippen LogP contribution in [0.3, 0.4) is 0 Å². The molecule has 158 valence electrons. The Bertz CT molecular complexity index is 1060. The van der Waals surface area contributed by atoms with E-state index in [1.807, 2.05) is 49.4 Å². The summed E-state index contributed by atoms with van der Waals surface area (Å²) < 4.78 is 11.1. The van der Waals surface area contributed by atoms with Crippen molar-refractivity contribution in [2.24, 2.45) is 0 Å². The average Bonchev–Trinajstić information content (AvgIpc) is 2.94. The maximum absolute atomic E-state index is 12.8. The van der Waals surface area contributed by atoms with Gasteiger partial charge in [-0.15, -0.1) is 0 Å². The molecule has 0 fully saturated rings. The van der Waals surface area contributed by atoms with Crippen LogP contribution >= 0.6 is 0 Å². The number of fused-ring (bicyclic) bond motifs is 1. The maximum atomic E-state index is 12.8. The Labute approximate surface area is 181 Å². The van der Waals surface area contributed by atoms with Crippen molar-refractivity contribution >= 4 is 17.5 Å². The topological polar surface area (TPSA) is 67.9 Å². The fourth-order valence-corrected chi connectivity index (χ4v) is 3.46. The minimum atomic E-state index is -0.225. The van der Waals surface area contributed by atoms with Gasteiger partial charge < -0.3 is 19.7 Å². The number of rotatable bonds is 6. The van der Waals surface area contributed by atoms with E-state index in [-0.39, 0.29) is 18.4 Å². The van der Waals surface area contributed by atoms with E-state index in [1.165, 1.54) is 0 Å². The molecule has 0 spiro atoms. The van der Waals surface area contributed by atoms with Gasteiger partial charge in [-0.05, 0) is 55.0 Å². The Hall–Kier alpha value is -3.80. The largest absolute Gasteiger partial charge is 0.494 e. The molecule has 0 aromatic heterocycles. The van der Waals surface area contributed by atoms with Gasteiger partial charge in [0.05, 0.1) is 6.61 Å². The third-order valence-electron chi connectivity index (χ3n) is 5.03. The number of nitrogens with zero attached hydrogens (tertiary/aromatic N) is 1. The first-order chi connectivity index (χ1) is 15.1. The lowest BCUT2D eigenvalue weighted by Crippen LogP contribution is -2.31. The van der Waals surface area contributed by atoms with Crippen LogP contribution in [-0.4, -0.2) is 29.9 Å². The second kappa shape index (κ2) is 9.34. The van der Waals surface area contributed by atoms with Crippen LogP contribution in [-0.2, 0) is 17.9 Å². The van der Waals surface area contributed by atoms with E-state index < -0.39 is 0 Å². The minimum Gasteiger partial charge on any atom is -0.494 e. The maximum Gasteiger partial charge on any atom is 0.261 e. The second-order valence-electron chi connectivity index (χ2n) is 7.26. The molecule has 0 atom stereocenters. The zero-order chi connectivity index (χ0) is 21.6. The number of nitrogens with one attached hydrogen (secondary N) is 1. The number of anilines is 1. The average molecular weight is 416 g/mol. The summed E-state index contributed by atoms with van der Waals surface area (Å²) in [5.41, 5.74) is 3.04. The molecule has 1 heterocycles. The summed E-state index contributed by atoms with van der Waals surface area (Å²) >= 11 is 0. The predicted molar refractivity (Wildman–Crippen MR) is 118 cm³/mol. The lowest BCUT2D eigenvalue weighted by Gasteiger charge is -2.20. The summed E-state index contributed by atoms with van der Waals surface area (Å²) in [4.78, 5) is 27.0. The zero-order valence-corrected chi connectivity index (χ0v) is 17.3. The Morgan fingerprint density at radius 2 is 1.84 bits per heavy atom. The van der Waals surface area contributed by atoms with Crippen molar-refractivity contribution in [2.75, 3.05) is 18.5 Å². The van der Waals surface area contributed by atoms with E-state index in [1.54, 1.807) is 35.2 Å². The second-order valence-corrected chi connectivity index (χ2v) is 7.26. The van der Waals surface area contributed by atoms with Gasteiger partial charge in [-0.3, -0.25) is 9.59 Å². The van der Waals surface area contributed by atoms with Crippen molar-refractivity contribution < 1.29 is 19.1 Å². The van der Waals surface area contributed by atoms with Gasteiger partial charge in [0.2, 0.25) is 0 Å². The first-order valence-electron chi connectivity index (χ1n) is 10.2. The van der Waals surface area contributed by atoms with Crippen LogP contribution in [0.25, 0.3) is 0 Å². The van der Waals surface area contributed by atoms with E-state index in [0.29, 0.717) is 36.7 Å². The van der Waals surface area contributed by atoms with E-state index in [9.17, 15) is 9.59 Å². The summed E-state index contributed by atoms with van der Waals surface area (Å²) in [6.07, 6.45) is 0. The number of amides is 2. The normalized spacial score (nSPS) is 13.1. The van der Waals surface area contributed by atoms with Crippen LogP contribution in [0.4, 0.5) is 5.69 Å². The van der Waals surface area contributed by atoms with E-state index >= 15 is 0 Å². The zero-order valence-electron chi connectivity index (χ0n) is 17.3. The summed E-state index contributed by atoms with van der Waals surface area (Å²) in [6, 6.07) is 22.3. The van der Waals surface area contributed by atoms with Crippen LogP contribution in [0.15, 0.2) is 72.8 Å². The Kier molecular flexibility index (Phi) is 6.17. The van der Waals surface area contributed by atoms with Crippen molar-refractivity contribution in [1.82, 2.24) is 4.90 Å². The monoisotopic (exact) mass is 416 g/mol. The van der Waals surface area contributed by atoms with Crippen LogP contribution in [0.5, 0.6) is 11.5 Å². The molecule has 0 aliphatic carbocycles. The third kappa shape index (κ3) is 5.04. The molecule has 3 aromatic carbocycles. The molecular weight excluding hydrogens is 392 g/mol. The molecule has 0 saturated heterocycles. The number of hydrogen-bond acceptors (Lipinski definition) is 4. The van der Waals surface area contributed by atoms with Gasteiger partial charge in [-0.2, -0.15) is 0 Å². The number of ether oxygens (including phenoxy) is 2. The van der Waals surface area contributed by atoms with E-state index in [2.05, 4.69) is 5.32 Å². The van der Waals surface area contributed by atoms with Gasteiger partial charge in [0, 0.05) is 29.9 Å². The van der Waals surface area contributed by atoms with Crippen LogP contribution in [0.1, 0.15) is 28.4 Å². The van der Waals surface area contributed by atoms with E-state index in [4.69, 9.17) is 9.47 Å². The molecule has 0 radical (unpaired) electrons. The fourth-order valence-electron chi connectivity index (χ4n) is 3.46. The van der Waals surface area contributed by atoms with E-state index in [0.717, 1.165) is 16.9 Å². The molecule has 4 rings (SSSR count). The highest BCUT2D eigenvalue weighted by Crippen LogP contribution is 2.26. The smallest absolute Gasteiger partial charge is 0.261 e. The summed E-state index contributed by atoms with van der Waals surface area (Å²) in [7, 11) is 0. The highest BCUT2D eigenvalue weighted by atomic mass is 16.5. The number of hydrogen-bond donors (Lipinski definition) is 1. The molecule has 0 bridgehead atoms. The first kappa shape index (κ1) is 20.5. The third-order valence-corrected chi connectivity index (χ3v) is 5.03. The summed E-state index contributed by atoms with van der Waals surface area (Å²) in [6.45, 7) is 3.37. The first-order valence-corrected chi connectivity index (χ1v) is 10.2. The van der Waals surface area contributed by atoms with Crippen molar-refractivity contribution in [3.05, 3.63) is 89.5 Å². The SMILES string of the molecule is CCOc1ccc(NC(=O)c2ccc3c(c2)CN(Cc2ccccc2)C(=O)CO3)cc1. The summed E-state index contributed by atoms with van der Waals surface area (Å²) in [5, 5.41) is 2.89. The van der Waals surface area contributed by atoms with Crippen molar-refractivity contribution in [2.45, 2.75) is 20.0 Å². The predicted octanol–water partition coefficient (Wildman–Crippen LogP) is 4.26. The lowest BCUT2D eigenvalue weighted by molar-refractivity contribution is -0.133. The van der Waals surface area contributed by atoms with Gasteiger partial charge in [-0.25, -0.2) is 0 Å². The van der Waals surface area contributed by atoms with Crippen LogP contribution in [0, 0.1) is 0 Å². The fraction of sp³-hybridized carbons (Fsp3) is 0.200. The van der Waals surface area contributed by atoms with Gasteiger partial charge >= 0.3 is 0 Å². The van der Waals surface area contributed by atoms with Crippen molar-refractivity contribution in [3.8, 4) is 11.5 Å². The Balaban J connectivity index is 1.49. The highest BCUT2D eigenvalue weighted by molar-refractivity contribution is 6.04. The highest BCUT2D eigenvalue weighted by Gasteiger charge is 2.22. The molecule has 1 aliphatic heterocycles. The minimum absolute atomic E-state index is 0.0163. The quantitative estimate of drug-likeness (QED) is 0.652. The number of carbonyl (C=O) groups is 2. The molecule has 0 unspecified atom stereocenters. The van der Waals surface area contributed by atoms with Crippen LogP contribution in [0.2, 0.25) is 0 Å². The lowest BCUT2D eigenvalue weighted by atomic mass is 10.1. The molecular formula is C25H24N2O4. The molecule has 1 N–H and O–H groups in total. The van der Waals surface area contributed by atoms with Gasteiger partial charge in [0.25, 0.3) is 11.8 Å². The molecule has 6 nitrogen and oxygen atoms in total. The number of benzene rings is 3. The Morgan fingerprint density at radius 1 is 1.06 bits per heavy atom. The molecule has 31 heavy (non-hydrogen) atoms. The molecule has 3 aromatic rings. The van der Waals surface area contributed by atoms with Crippen molar-refractivity contribution in [3.63, 3.8) is 0 Å². The standard InChI is InChI=1S/C25H24N2O4/c1-2-30-22-11-9-21(10-12-22)26-25(29)19-8-13-23-20(14-19)16-27(24(28)17-31-23)15-18-6-4-3-5-7-18/h3-14H,2,15-17H2,1H3,(H,26,29).